The zero-order valence-corrected chi connectivity index (χ0v) is 15.5. The predicted octanol–water partition coefficient (Wildman–Crippen LogP) is 5.13. The highest BCUT2D eigenvalue weighted by Crippen LogP contribution is 2.27. The molecule has 0 atom stereocenters. The van der Waals surface area contributed by atoms with E-state index in [9.17, 15) is 0 Å². The molecule has 132 valence electrons. The van der Waals surface area contributed by atoms with Crippen LogP contribution in [-0.4, -0.2) is 25.5 Å². The van der Waals surface area contributed by atoms with E-state index in [0.29, 0.717) is 0 Å². The molecule has 0 unspecified atom stereocenters. The summed E-state index contributed by atoms with van der Waals surface area (Å²) in [6.45, 7) is 0. The molecule has 0 saturated carbocycles. The molecule has 0 N–H and O–H groups in total. The average molecular weight is 370 g/mol. The lowest BCUT2D eigenvalue weighted by Gasteiger charge is -2.09. The summed E-state index contributed by atoms with van der Waals surface area (Å²) in [5.41, 5.74) is 3.02. The van der Waals surface area contributed by atoms with E-state index in [1.165, 1.54) is 5.56 Å². The fourth-order valence-electron chi connectivity index (χ4n) is 2.71. The van der Waals surface area contributed by atoms with Crippen LogP contribution in [0.2, 0.25) is 0 Å². The quantitative estimate of drug-likeness (QED) is 0.441. The van der Waals surface area contributed by atoms with Crippen molar-refractivity contribution in [1.29, 1.82) is 0 Å². The van der Waals surface area contributed by atoms with Gasteiger partial charge >= 0.3 is 0 Å². The second-order valence-corrected chi connectivity index (χ2v) is 6.80. The summed E-state index contributed by atoms with van der Waals surface area (Å²) in [7, 11) is 0. The third-order valence-electron chi connectivity index (χ3n) is 3.96. The van der Waals surface area contributed by atoms with Gasteiger partial charge in [-0.15, -0.1) is 10.2 Å². The summed E-state index contributed by atoms with van der Waals surface area (Å²) >= 11 is 1.65. The Morgan fingerprint density at radius 1 is 0.815 bits per heavy atom. The summed E-state index contributed by atoms with van der Waals surface area (Å²) in [6.07, 6.45) is 6.04. The first-order chi connectivity index (χ1) is 13.4. The van der Waals surface area contributed by atoms with Gasteiger partial charge in [-0.3, -0.25) is 9.55 Å². The van der Waals surface area contributed by atoms with Gasteiger partial charge in [0, 0.05) is 17.6 Å². The van der Waals surface area contributed by atoms with Crippen molar-refractivity contribution >= 4 is 17.8 Å². The largest absolute Gasteiger partial charge is 0.269 e. The van der Waals surface area contributed by atoms with Crippen LogP contribution in [0.5, 0.6) is 0 Å². The minimum absolute atomic E-state index is 0.747. The number of pyridine rings is 1. The van der Waals surface area contributed by atoms with E-state index >= 15 is 0 Å². The predicted molar refractivity (Wildman–Crippen MR) is 111 cm³/mol. The minimum Gasteiger partial charge on any atom is -0.269 e. The van der Waals surface area contributed by atoms with E-state index in [1.54, 1.807) is 18.0 Å². The second-order valence-electron chi connectivity index (χ2n) is 5.82. The Morgan fingerprint density at radius 3 is 2.30 bits per heavy atom. The van der Waals surface area contributed by atoms with E-state index in [4.69, 9.17) is 0 Å². The third kappa shape index (κ3) is 4.15. The molecular weight excluding hydrogens is 352 g/mol. The topological polar surface area (TPSA) is 43.6 Å². The first kappa shape index (κ1) is 17.2. The van der Waals surface area contributed by atoms with Gasteiger partial charge in [0.05, 0.1) is 0 Å². The first-order valence-electron chi connectivity index (χ1n) is 8.68. The summed E-state index contributed by atoms with van der Waals surface area (Å²) in [6, 6.07) is 26.2. The lowest BCUT2D eigenvalue weighted by Crippen LogP contribution is -2.00. The van der Waals surface area contributed by atoms with Crippen LogP contribution in [0.25, 0.3) is 23.3 Å². The maximum Gasteiger partial charge on any atom is 0.196 e. The molecule has 4 rings (SSSR count). The van der Waals surface area contributed by atoms with E-state index in [1.807, 2.05) is 54.6 Å². The van der Waals surface area contributed by atoms with E-state index in [2.05, 4.69) is 56.2 Å². The van der Waals surface area contributed by atoms with Crippen LogP contribution in [-0.2, 0) is 0 Å². The van der Waals surface area contributed by atoms with Crippen LogP contribution in [0.4, 0.5) is 0 Å². The number of rotatable bonds is 6. The lowest BCUT2D eigenvalue weighted by molar-refractivity contribution is 0.886. The molecule has 0 spiro atoms. The third-order valence-corrected chi connectivity index (χ3v) is 4.84. The molecule has 27 heavy (non-hydrogen) atoms. The highest BCUT2D eigenvalue weighted by Gasteiger charge is 2.16. The molecule has 0 saturated heterocycles. The smallest absolute Gasteiger partial charge is 0.196 e. The van der Waals surface area contributed by atoms with Crippen molar-refractivity contribution in [2.24, 2.45) is 0 Å². The van der Waals surface area contributed by atoms with Gasteiger partial charge in [-0.05, 0) is 29.8 Å². The molecule has 2 heterocycles. The van der Waals surface area contributed by atoms with Crippen LogP contribution < -0.4 is 0 Å². The first-order valence-corrected chi connectivity index (χ1v) is 9.67. The van der Waals surface area contributed by atoms with E-state index in [-0.39, 0.29) is 0 Å². The Bertz CT molecular complexity index is 1010. The van der Waals surface area contributed by atoms with Crippen molar-refractivity contribution in [1.82, 2.24) is 19.7 Å². The van der Waals surface area contributed by atoms with Crippen LogP contribution in [0, 0.1) is 0 Å². The highest BCUT2D eigenvalue weighted by atomic mass is 32.2. The number of para-hydroxylation sites is 1. The van der Waals surface area contributed by atoms with Crippen molar-refractivity contribution < 1.29 is 0 Å². The number of benzene rings is 2. The molecule has 0 aliphatic carbocycles. The summed E-state index contributed by atoms with van der Waals surface area (Å²) in [5, 5.41) is 9.67. The van der Waals surface area contributed by atoms with Gasteiger partial charge in [0.25, 0.3) is 0 Å². The number of aromatic nitrogens is 4. The molecule has 0 fully saturated rings. The summed E-state index contributed by atoms with van der Waals surface area (Å²) in [5.74, 6) is 1.55. The van der Waals surface area contributed by atoms with Crippen LogP contribution >= 0.6 is 11.8 Å². The van der Waals surface area contributed by atoms with Gasteiger partial charge in [-0.1, -0.05) is 78.5 Å². The molecule has 0 aliphatic heterocycles. The number of hydrogen-bond acceptors (Lipinski definition) is 4. The lowest BCUT2D eigenvalue weighted by atomic mass is 10.2. The summed E-state index contributed by atoms with van der Waals surface area (Å²) in [4.78, 5) is 4.44. The van der Waals surface area contributed by atoms with Gasteiger partial charge in [-0.2, -0.15) is 0 Å². The Labute approximate surface area is 162 Å². The van der Waals surface area contributed by atoms with E-state index in [0.717, 1.165) is 28.1 Å². The number of thioether (sulfide) groups is 1. The average Bonchev–Trinajstić information content (AvgIpc) is 3.17. The molecule has 4 aromatic rings. The molecule has 2 aromatic carbocycles. The van der Waals surface area contributed by atoms with Crippen LogP contribution in [0.3, 0.4) is 0 Å². The zero-order valence-electron chi connectivity index (χ0n) is 14.6. The van der Waals surface area contributed by atoms with Crippen LogP contribution in [0.1, 0.15) is 5.56 Å². The molecule has 0 amide bonds. The Kier molecular flexibility index (Phi) is 5.41. The fourth-order valence-corrected chi connectivity index (χ4v) is 3.47. The number of nitrogens with zero attached hydrogens (tertiary/aromatic N) is 4. The maximum absolute atomic E-state index is 4.44. The van der Waals surface area contributed by atoms with Gasteiger partial charge < -0.3 is 0 Å². The SMILES string of the molecule is C(=C\c1ccccc1)/CSc1nnc(-c2ccccn2)n1-c1ccccc1. The second kappa shape index (κ2) is 8.47. The van der Waals surface area contributed by atoms with Crippen molar-refractivity contribution in [3.63, 3.8) is 0 Å². The van der Waals surface area contributed by atoms with Crippen molar-refractivity contribution in [2.45, 2.75) is 5.16 Å². The van der Waals surface area contributed by atoms with Gasteiger partial charge in [-0.25, -0.2) is 0 Å². The maximum atomic E-state index is 4.44. The Hall–Kier alpha value is -3.18. The Balaban J connectivity index is 1.61. The molecule has 5 heteroatoms. The number of hydrogen-bond donors (Lipinski definition) is 0. The summed E-state index contributed by atoms with van der Waals surface area (Å²) < 4.78 is 2.06. The molecule has 0 bridgehead atoms. The van der Waals surface area contributed by atoms with Crippen molar-refractivity contribution in [2.75, 3.05) is 5.75 Å². The van der Waals surface area contributed by atoms with Crippen molar-refractivity contribution in [3.05, 3.63) is 96.7 Å². The molecular formula is C22H18N4S. The molecule has 2 aromatic heterocycles. The van der Waals surface area contributed by atoms with Gasteiger partial charge in [0.15, 0.2) is 11.0 Å². The van der Waals surface area contributed by atoms with Gasteiger partial charge in [0.1, 0.15) is 5.69 Å². The Morgan fingerprint density at radius 2 is 1.56 bits per heavy atom. The monoisotopic (exact) mass is 370 g/mol. The highest BCUT2D eigenvalue weighted by molar-refractivity contribution is 7.99. The van der Waals surface area contributed by atoms with E-state index < -0.39 is 0 Å². The zero-order chi connectivity index (χ0) is 18.3. The fraction of sp³-hybridized carbons (Fsp3) is 0.0455. The molecule has 0 aliphatic rings. The van der Waals surface area contributed by atoms with Gasteiger partial charge in [0.2, 0.25) is 0 Å². The van der Waals surface area contributed by atoms with Crippen molar-refractivity contribution in [3.8, 4) is 17.2 Å². The molecule has 0 radical (unpaired) electrons. The minimum atomic E-state index is 0.747. The standard InChI is InChI=1S/C22H18N4S/c1-3-10-18(11-4-1)12-9-17-27-22-25-24-21(20-15-7-8-16-23-20)26(22)19-13-5-2-6-14-19/h1-16H,17H2/b12-9+. The normalized spacial score (nSPS) is 11.1. The van der Waals surface area contributed by atoms with Crippen LogP contribution in [0.15, 0.2) is 96.3 Å². The molecule has 4 nitrogen and oxygen atoms in total.